The number of amides is 3. The highest BCUT2D eigenvalue weighted by Crippen LogP contribution is 2.54. The molecule has 10 nitrogen and oxygen atoms in total. The molecule has 3 atom stereocenters. The molecule has 3 heterocycles. The van der Waals surface area contributed by atoms with Crippen LogP contribution < -0.4 is 15.1 Å². The molecule has 3 aromatic carbocycles. The third-order valence-corrected chi connectivity index (χ3v) is 10.1. The van der Waals surface area contributed by atoms with E-state index in [0.29, 0.717) is 15.6 Å². The van der Waals surface area contributed by atoms with Gasteiger partial charge >= 0.3 is 4.87 Å². The first-order chi connectivity index (χ1) is 19.7. The number of anilines is 2. The van der Waals surface area contributed by atoms with E-state index in [-0.39, 0.29) is 22.8 Å². The summed E-state index contributed by atoms with van der Waals surface area (Å²) >= 11 is 5.50. The first-order valence-electron chi connectivity index (χ1n) is 12.4. The molecule has 13 heteroatoms. The van der Waals surface area contributed by atoms with Crippen molar-refractivity contribution in [2.24, 2.45) is 5.92 Å². The van der Waals surface area contributed by atoms with Crippen LogP contribution in [0.1, 0.15) is 16.4 Å². The maximum atomic E-state index is 13.9. The maximum absolute atomic E-state index is 13.9. The SMILES string of the molecule is O=C(Cn1c2c(sc1=O)C(c1ccc(Br)cc1)C1C(=O)N(c3ccc([N+](=O)[O-])cc3)C(=O)C1S2)Nc1ccccc1. The van der Waals surface area contributed by atoms with Crippen LogP contribution in [0.15, 0.2) is 93.2 Å². The molecule has 41 heavy (non-hydrogen) atoms. The number of nitro benzene ring substituents is 1. The molecule has 0 saturated carbocycles. The van der Waals surface area contributed by atoms with Crippen molar-refractivity contribution in [1.29, 1.82) is 0 Å². The number of nitro groups is 1. The number of aromatic nitrogens is 1. The molecule has 3 amide bonds. The first-order valence-corrected chi connectivity index (χ1v) is 14.8. The van der Waals surface area contributed by atoms with Gasteiger partial charge in [0.1, 0.15) is 11.8 Å². The number of thioether (sulfide) groups is 1. The van der Waals surface area contributed by atoms with Gasteiger partial charge in [0.05, 0.1) is 21.6 Å². The Bertz CT molecular complexity index is 1760. The number of hydrogen-bond donors (Lipinski definition) is 1. The lowest BCUT2D eigenvalue weighted by molar-refractivity contribution is -0.384. The van der Waals surface area contributed by atoms with Crippen molar-refractivity contribution >= 4 is 73.8 Å². The van der Waals surface area contributed by atoms with Crippen LogP contribution in [0.25, 0.3) is 0 Å². The molecule has 4 aromatic rings. The van der Waals surface area contributed by atoms with Crippen molar-refractivity contribution in [2.75, 3.05) is 10.2 Å². The summed E-state index contributed by atoms with van der Waals surface area (Å²) < 4.78 is 2.19. The summed E-state index contributed by atoms with van der Waals surface area (Å²) in [6.07, 6.45) is 0. The molecule has 206 valence electrons. The van der Waals surface area contributed by atoms with E-state index in [1.165, 1.54) is 28.8 Å². The molecule has 3 unspecified atom stereocenters. The van der Waals surface area contributed by atoms with E-state index in [1.54, 1.807) is 24.3 Å². The van der Waals surface area contributed by atoms with Crippen molar-refractivity contribution in [1.82, 2.24) is 4.57 Å². The van der Waals surface area contributed by atoms with Crippen LogP contribution in [0.4, 0.5) is 17.1 Å². The Morgan fingerprint density at radius 3 is 2.29 bits per heavy atom. The fourth-order valence-electron chi connectivity index (χ4n) is 5.13. The first kappa shape index (κ1) is 27.1. The Morgan fingerprint density at radius 1 is 0.951 bits per heavy atom. The van der Waals surface area contributed by atoms with E-state index in [9.17, 15) is 29.3 Å². The van der Waals surface area contributed by atoms with Gasteiger partial charge in [0.2, 0.25) is 17.7 Å². The van der Waals surface area contributed by atoms with Gasteiger partial charge in [-0.25, -0.2) is 4.90 Å². The van der Waals surface area contributed by atoms with Gasteiger partial charge in [0, 0.05) is 33.1 Å². The van der Waals surface area contributed by atoms with Crippen LogP contribution in [-0.2, 0) is 20.9 Å². The number of benzene rings is 3. The Balaban J connectivity index is 1.40. The van der Waals surface area contributed by atoms with Gasteiger partial charge < -0.3 is 5.32 Å². The fourth-order valence-corrected chi connectivity index (χ4v) is 8.17. The minimum absolute atomic E-state index is 0.160. The Morgan fingerprint density at radius 2 is 1.63 bits per heavy atom. The van der Waals surface area contributed by atoms with E-state index >= 15 is 0 Å². The van der Waals surface area contributed by atoms with Crippen LogP contribution in [0, 0.1) is 16.0 Å². The predicted octanol–water partition coefficient (Wildman–Crippen LogP) is 5.02. The summed E-state index contributed by atoms with van der Waals surface area (Å²) in [5.74, 6) is -2.76. The lowest BCUT2D eigenvalue weighted by Gasteiger charge is -2.30. The van der Waals surface area contributed by atoms with Crippen molar-refractivity contribution in [2.45, 2.75) is 22.7 Å². The lowest BCUT2D eigenvalue weighted by Crippen LogP contribution is -2.33. The van der Waals surface area contributed by atoms with Crippen LogP contribution in [0.2, 0.25) is 0 Å². The van der Waals surface area contributed by atoms with Gasteiger partial charge in [-0.3, -0.25) is 33.9 Å². The van der Waals surface area contributed by atoms with Gasteiger partial charge in [-0.05, 0) is 42.0 Å². The predicted molar refractivity (Wildman–Crippen MR) is 158 cm³/mol. The summed E-state index contributed by atoms with van der Waals surface area (Å²) in [4.78, 5) is 65.7. The highest BCUT2D eigenvalue weighted by molar-refractivity contribution is 9.10. The van der Waals surface area contributed by atoms with E-state index in [4.69, 9.17) is 0 Å². The highest BCUT2D eigenvalue weighted by atomic mass is 79.9. The van der Waals surface area contributed by atoms with Gasteiger partial charge in [0.15, 0.2) is 0 Å². The molecule has 2 aliphatic rings. The number of rotatable bonds is 6. The van der Waals surface area contributed by atoms with Crippen LogP contribution >= 0.6 is 39.0 Å². The number of nitrogens with one attached hydrogen (secondary N) is 1. The second kappa shape index (κ2) is 10.7. The topological polar surface area (TPSA) is 132 Å². The minimum atomic E-state index is -0.865. The number of nitrogens with zero attached hydrogens (tertiary/aromatic N) is 3. The molecule has 0 aliphatic carbocycles. The Labute approximate surface area is 249 Å². The summed E-state index contributed by atoms with van der Waals surface area (Å²) in [7, 11) is 0. The van der Waals surface area contributed by atoms with Crippen LogP contribution in [-0.4, -0.2) is 32.5 Å². The number of halogens is 1. The molecule has 0 spiro atoms. The summed E-state index contributed by atoms with van der Waals surface area (Å²) in [6.45, 7) is -0.259. The zero-order valence-corrected chi connectivity index (χ0v) is 24.1. The van der Waals surface area contributed by atoms with Crippen LogP contribution in [0.3, 0.4) is 0 Å². The zero-order chi connectivity index (χ0) is 28.8. The normalized spacial score (nSPS) is 19.5. The lowest BCUT2D eigenvalue weighted by atomic mass is 9.83. The standard InChI is InChI=1S/C28H19BrN4O6S2/c29-16-8-6-15(7-9-16)21-22-23(26(36)32(25(22)35)18-10-12-19(13-11-18)33(38)39)40-27-24(21)41-28(37)31(27)14-20(34)30-17-4-2-1-3-5-17/h1-13,21-23H,14H2,(H,30,34). The van der Waals surface area contributed by atoms with E-state index in [2.05, 4.69) is 21.2 Å². The largest absolute Gasteiger partial charge is 0.325 e. The van der Waals surface area contributed by atoms with Gasteiger partial charge in [-0.15, -0.1) is 0 Å². The number of imide groups is 1. The molecule has 1 fully saturated rings. The van der Waals surface area contributed by atoms with E-state index in [1.807, 2.05) is 30.3 Å². The van der Waals surface area contributed by atoms with Crippen LogP contribution in [0.5, 0.6) is 0 Å². The molecule has 6 rings (SSSR count). The fraction of sp³-hybridized carbons (Fsp3) is 0.143. The molecular weight excluding hydrogens is 632 g/mol. The molecule has 1 aromatic heterocycles. The monoisotopic (exact) mass is 650 g/mol. The average Bonchev–Trinajstić information content (AvgIpc) is 3.40. The summed E-state index contributed by atoms with van der Waals surface area (Å²) in [5.41, 5.74) is 1.41. The minimum Gasteiger partial charge on any atom is -0.325 e. The number of fused-ring (bicyclic) bond motifs is 2. The number of para-hydroxylation sites is 1. The molecule has 0 bridgehead atoms. The van der Waals surface area contributed by atoms with Gasteiger partial charge in [0.25, 0.3) is 5.69 Å². The van der Waals surface area contributed by atoms with Crippen molar-refractivity contribution in [3.63, 3.8) is 0 Å². The number of carbonyl (C=O) groups is 3. The third kappa shape index (κ3) is 4.89. The smallest absolute Gasteiger partial charge is 0.308 e. The maximum Gasteiger partial charge on any atom is 0.308 e. The second-order valence-electron chi connectivity index (χ2n) is 9.42. The molecular formula is C28H19BrN4O6S2. The zero-order valence-electron chi connectivity index (χ0n) is 20.9. The molecule has 1 N–H and O–H groups in total. The molecule has 1 saturated heterocycles. The summed E-state index contributed by atoms with van der Waals surface area (Å²) in [6, 6.07) is 21.5. The van der Waals surface area contributed by atoms with E-state index < -0.39 is 39.7 Å². The summed E-state index contributed by atoms with van der Waals surface area (Å²) in [5, 5.41) is 13.5. The van der Waals surface area contributed by atoms with E-state index in [0.717, 1.165) is 38.0 Å². The number of thiazole rings is 1. The van der Waals surface area contributed by atoms with Crippen molar-refractivity contribution in [3.8, 4) is 0 Å². The molecule has 2 aliphatic heterocycles. The number of non-ortho nitro benzene ring substituents is 1. The molecule has 0 radical (unpaired) electrons. The van der Waals surface area contributed by atoms with Crippen molar-refractivity contribution < 1.29 is 19.3 Å². The quantitative estimate of drug-likeness (QED) is 0.176. The van der Waals surface area contributed by atoms with Gasteiger partial charge in [-0.1, -0.05) is 69.4 Å². The second-order valence-corrected chi connectivity index (χ2v) is 12.5. The number of carbonyl (C=O) groups excluding carboxylic acids is 3. The van der Waals surface area contributed by atoms with Gasteiger partial charge in [-0.2, -0.15) is 0 Å². The Hall–Kier alpha value is -4.07. The third-order valence-electron chi connectivity index (χ3n) is 6.96. The average molecular weight is 652 g/mol. The highest BCUT2D eigenvalue weighted by Gasteiger charge is 2.56. The number of hydrogen-bond acceptors (Lipinski definition) is 8. The Kier molecular flexibility index (Phi) is 7.09. The van der Waals surface area contributed by atoms with Crippen molar-refractivity contribution in [3.05, 3.63) is 114 Å².